The van der Waals surface area contributed by atoms with Crippen LogP contribution in [-0.4, -0.2) is 27.9 Å². The Morgan fingerprint density at radius 2 is 2.00 bits per heavy atom. The monoisotopic (exact) mass is 364 g/mol. The van der Waals surface area contributed by atoms with Gasteiger partial charge in [-0.2, -0.15) is 0 Å². The predicted octanol–water partition coefficient (Wildman–Crippen LogP) is 3.32. The van der Waals surface area contributed by atoms with Gasteiger partial charge in [0.05, 0.1) is 5.56 Å². The third-order valence-corrected chi connectivity index (χ3v) is 3.90. The van der Waals surface area contributed by atoms with Gasteiger partial charge in [-0.25, -0.2) is 4.79 Å². The normalized spacial score (nSPS) is 10.5. The third-order valence-electron chi connectivity index (χ3n) is 3.47. The van der Waals surface area contributed by atoms with E-state index in [9.17, 15) is 9.59 Å². The van der Waals surface area contributed by atoms with Gasteiger partial charge in [-0.3, -0.25) is 9.78 Å². The molecule has 0 fully saturated rings. The van der Waals surface area contributed by atoms with Gasteiger partial charge in [-0.15, -0.1) is 0 Å². The van der Waals surface area contributed by atoms with E-state index in [1.807, 2.05) is 31.4 Å². The number of ether oxygens (including phenoxy) is 1. The Bertz CT molecular complexity index is 722. The summed E-state index contributed by atoms with van der Waals surface area (Å²) in [7, 11) is 0. The van der Waals surface area contributed by atoms with Crippen molar-refractivity contribution in [2.75, 3.05) is 6.61 Å². The molecule has 2 aromatic rings. The molecule has 0 saturated heterocycles. The van der Waals surface area contributed by atoms with Crippen LogP contribution in [0.4, 0.5) is 0 Å². The van der Waals surface area contributed by atoms with Gasteiger partial charge in [0.15, 0.2) is 6.61 Å². The highest BCUT2D eigenvalue weighted by Gasteiger charge is 2.17. The Morgan fingerprint density at radius 3 is 2.59 bits per heavy atom. The fourth-order valence-electron chi connectivity index (χ4n) is 2.39. The fraction of sp³-hybridized carbons (Fsp3) is 0.312. The van der Waals surface area contributed by atoms with Crippen molar-refractivity contribution in [1.82, 2.24) is 9.55 Å². The molecule has 0 spiro atoms. The van der Waals surface area contributed by atoms with E-state index in [1.165, 1.54) is 6.20 Å². The summed E-state index contributed by atoms with van der Waals surface area (Å²) in [4.78, 5) is 28.0. The van der Waals surface area contributed by atoms with E-state index in [1.54, 1.807) is 12.3 Å². The molecule has 0 aliphatic rings. The van der Waals surface area contributed by atoms with Crippen molar-refractivity contribution in [3.8, 4) is 0 Å². The molecule has 2 rings (SSSR count). The van der Waals surface area contributed by atoms with Crippen molar-refractivity contribution >= 4 is 27.7 Å². The molecule has 0 atom stereocenters. The Labute approximate surface area is 137 Å². The number of nitrogens with zero attached hydrogens (tertiary/aromatic N) is 2. The van der Waals surface area contributed by atoms with Gasteiger partial charge in [-0.05, 0) is 48.8 Å². The van der Waals surface area contributed by atoms with Crippen molar-refractivity contribution in [1.29, 1.82) is 0 Å². The molecule has 2 aromatic heterocycles. The minimum Gasteiger partial charge on any atom is -0.454 e. The predicted molar refractivity (Wildman–Crippen MR) is 86.1 cm³/mol. The standard InChI is InChI=1S/C16H17BrN2O3/c1-4-19-10(2)5-14(11(19)3)15(20)9-22-16(21)12-6-13(17)8-18-7-12/h5-8H,4,9H2,1-3H3. The molecule has 116 valence electrons. The van der Waals surface area contributed by atoms with Crippen LogP contribution in [0.1, 0.15) is 39.0 Å². The Balaban J connectivity index is 2.06. The first kappa shape index (κ1) is 16.4. The lowest BCUT2D eigenvalue weighted by Crippen LogP contribution is -2.15. The Morgan fingerprint density at radius 1 is 1.27 bits per heavy atom. The number of hydrogen-bond acceptors (Lipinski definition) is 4. The zero-order valence-electron chi connectivity index (χ0n) is 12.7. The summed E-state index contributed by atoms with van der Waals surface area (Å²) in [5.74, 6) is -0.768. The van der Waals surface area contributed by atoms with Crippen LogP contribution in [0, 0.1) is 13.8 Å². The molecule has 22 heavy (non-hydrogen) atoms. The van der Waals surface area contributed by atoms with Crippen LogP contribution in [-0.2, 0) is 11.3 Å². The van der Waals surface area contributed by atoms with Crippen LogP contribution in [0.5, 0.6) is 0 Å². The van der Waals surface area contributed by atoms with Crippen LogP contribution in [0.15, 0.2) is 29.0 Å². The molecule has 2 heterocycles. The lowest BCUT2D eigenvalue weighted by Gasteiger charge is -2.06. The number of rotatable bonds is 5. The molecule has 0 saturated carbocycles. The summed E-state index contributed by atoms with van der Waals surface area (Å²) < 4.78 is 7.81. The SMILES string of the molecule is CCn1c(C)cc(C(=O)COC(=O)c2cncc(Br)c2)c1C. The fourth-order valence-corrected chi connectivity index (χ4v) is 2.75. The Kier molecular flexibility index (Phi) is 5.13. The molecule has 0 bridgehead atoms. The van der Waals surface area contributed by atoms with Gasteiger partial charge in [0.25, 0.3) is 0 Å². The number of aryl methyl sites for hydroxylation is 1. The maximum Gasteiger partial charge on any atom is 0.340 e. The zero-order chi connectivity index (χ0) is 16.3. The second-order valence-corrected chi connectivity index (χ2v) is 5.84. The number of carbonyl (C=O) groups excluding carboxylic acids is 2. The van der Waals surface area contributed by atoms with Crippen LogP contribution in [0.2, 0.25) is 0 Å². The van der Waals surface area contributed by atoms with E-state index in [0.29, 0.717) is 15.6 Å². The highest BCUT2D eigenvalue weighted by Crippen LogP contribution is 2.16. The molecular formula is C16H17BrN2O3. The first-order valence-electron chi connectivity index (χ1n) is 6.91. The molecule has 0 unspecified atom stereocenters. The second kappa shape index (κ2) is 6.87. The number of hydrogen-bond donors (Lipinski definition) is 0. The van der Waals surface area contributed by atoms with Crippen LogP contribution in [0.25, 0.3) is 0 Å². The molecule has 0 radical (unpaired) electrons. The smallest absolute Gasteiger partial charge is 0.340 e. The van der Waals surface area contributed by atoms with Crippen molar-refractivity contribution in [2.24, 2.45) is 0 Å². The minimum atomic E-state index is -0.563. The number of aromatic nitrogens is 2. The summed E-state index contributed by atoms with van der Waals surface area (Å²) in [6, 6.07) is 3.43. The number of halogens is 1. The van der Waals surface area contributed by atoms with Gasteiger partial charge in [0.1, 0.15) is 0 Å². The van der Waals surface area contributed by atoms with Crippen LogP contribution in [0.3, 0.4) is 0 Å². The summed E-state index contributed by atoms with van der Waals surface area (Å²) >= 11 is 3.24. The van der Waals surface area contributed by atoms with E-state index in [4.69, 9.17) is 4.74 Å². The quantitative estimate of drug-likeness (QED) is 0.603. The third kappa shape index (κ3) is 3.44. The number of Topliss-reactive ketones (excluding diaryl/α,β-unsaturated/α-hetero) is 1. The van der Waals surface area contributed by atoms with Crippen molar-refractivity contribution in [2.45, 2.75) is 27.3 Å². The van der Waals surface area contributed by atoms with E-state index in [-0.39, 0.29) is 12.4 Å². The number of pyridine rings is 1. The first-order valence-corrected chi connectivity index (χ1v) is 7.71. The van der Waals surface area contributed by atoms with Gasteiger partial charge in [0.2, 0.25) is 5.78 Å². The molecule has 6 heteroatoms. The first-order chi connectivity index (χ1) is 10.4. The largest absolute Gasteiger partial charge is 0.454 e. The van der Waals surface area contributed by atoms with Crippen molar-refractivity contribution in [3.05, 3.63) is 51.5 Å². The maximum absolute atomic E-state index is 12.2. The summed E-state index contributed by atoms with van der Waals surface area (Å²) in [6.45, 7) is 6.39. The summed E-state index contributed by atoms with van der Waals surface area (Å²) in [5, 5.41) is 0. The van der Waals surface area contributed by atoms with Gasteiger partial charge in [-0.1, -0.05) is 0 Å². The number of carbonyl (C=O) groups is 2. The van der Waals surface area contributed by atoms with Gasteiger partial charge in [0, 0.05) is 40.4 Å². The molecule has 0 aliphatic heterocycles. The average Bonchev–Trinajstić information content (AvgIpc) is 2.78. The summed E-state index contributed by atoms with van der Waals surface area (Å²) in [5.41, 5.74) is 2.82. The van der Waals surface area contributed by atoms with E-state index in [0.717, 1.165) is 17.9 Å². The molecule has 5 nitrogen and oxygen atoms in total. The molecule has 0 N–H and O–H groups in total. The van der Waals surface area contributed by atoms with Crippen LogP contribution >= 0.6 is 15.9 Å². The zero-order valence-corrected chi connectivity index (χ0v) is 14.3. The maximum atomic E-state index is 12.2. The van der Waals surface area contributed by atoms with Crippen LogP contribution < -0.4 is 0 Å². The van der Waals surface area contributed by atoms with Crippen molar-refractivity contribution in [3.63, 3.8) is 0 Å². The van der Waals surface area contributed by atoms with Gasteiger partial charge >= 0.3 is 5.97 Å². The molecule has 0 amide bonds. The topological polar surface area (TPSA) is 61.2 Å². The van der Waals surface area contributed by atoms with Crippen molar-refractivity contribution < 1.29 is 14.3 Å². The van der Waals surface area contributed by atoms with E-state index in [2.05, 4.69) is 20.9 Å². The average molecular weight is 365 g/mol. The Hall–Kier alpha value is -1.95. The molecule has 0 aliphatic carbocycles. The highest BCUT2D eigenvalue weighted by molar-refractivity contribution is 9.10. The number of esters is 1. The minimum absolute atomic E-state index is 0.205. The van der Waals surface area contributed by atoms with Gasteiger partial charge < -0.3 is 9.30 Å². The lowest BCUT2D eigenvalue weighted by atomic mass is 10.1. The molecular weight excluding hydrogens is 348 g/mol. The van der Waals surface area contributed by atoms with E-state index < -0.39 is 5.97 Å². The highest BCUT2D eigenvalue weighted by atomic mass is 79.9. The summed E-state index contributed by atoms with van der Waals surface area (Å²) in [6.07, 6.45) is 2.97. The molecule has 0 aromatic carbocycles. The lowest BCUT2D eigenvalue weighted by molar-refractivity contribution is 0.0474. The second-order valence-electron chi connectivity index (χ2n) is 4.92. The van der Waals surface area contributed by atoms with E-state index >= 15 is 0 Å². The number of ketones is 1.